The van der Waals surface area contributed by atoms with Gasteiger partial charge in [-0.2, -0.15) is 5.26 Å². The molecule has 2 aromatic carbocycles. The number of piperazine rings is 1. The van der Waals surface area contributed by atoms with E-state index in [2.05, 4.69) is 23.1 Å². The van der Waals surface area contributed by atoms with Crippen molar-refractivity contribution in [2.45, 2.75) is 6.92 Å². The van der Waals surface area contributed by atoms with Crippen LogP contribution in [0.3, 0.4) is 0 Å². The summed E-state index contributed by atoms with van der Waals surface area (Å²) in [6.07, 6.45) is 0. The number of aromatic nitrogens is 1. The zero-order valence-electron chi connectivity index (χ0n) is 15.2. The third-order valence-corrected chi connectivity index (χ3v) is 5.06. The van der Waals surface area contributed by atoms with Crippen molar-refractivity contribution >= 4 is 22.6 Å². The second-order valence-corrected chi connectivity index (χ2v) is 6.73. The molecule has 1 fully saturated rings. The van der Waals surface area contributed by atoms with Gasteiger partial charge < -0.3 is 9.80 Å². The molecule has 3 aromatic rings. The van der Waals surface area contributed by atoms with Crippen molar-refractivity contribution in [2.75, 3.05) is 31.1 Å². The molecular weight excluding hydrogens is 336 g/mol. The monoisotopic (exact) mass is 356 g/mol. The SMILES string of the molecule is CC(=O)N1CCN(c2ccc3cccc(-c4cccc(C#N)c4)c3n2)CC1. The molecule has 5 heteroatoms. The Morgan fingerprint density at radius 3 is 2.56 bits per heavy atom. The lowest BCUT2D eigenvalue weighted by atomic mass is 10.0. The predicted octanol–water partition coefficient (Wildman–Crippen LogP) is 3.44. The van der Waals surface area contributed by atoms with Crippen LogP contribution >= 0.6 is 0 Å². The normalized spacial score (nSPS) is 14.2. The van der Waals surface area contributed by atoms with E-state index in [9.17, 15) is 10.1 Å². The van der Waals surface area contributed by atoms with Crippen LogP contribution in [0.2, 0.25) is 0 Å². The molecule has 0 saturated carbocycles. The van der Waals surface area contributed by atoms with E-state index in [1.165, 1.54) is 0 Å². The molecule has 0 bridgehead atoms. The minimum atomic E-state index is 0.126. The summed E-state index contributed by atoms with van der Waals surface area (Å²) in [6, 6.07) is 20.1. The first-order valence-corrected chi connectivity index (χ1v) is 9.06. The Balaban J connectivity index is 1.72. The molecule has 0 N–H and O–H groups in total. The highest BCUT2D eigenvalue weighted by Crippen LogP contribution is 2.29. The van der Waals surface area contributed by atoms with Gasteiger partial charge in [0.2, 0.25) is 5.91 Å². The minimum absolute atomic E-state index is 0.126. The number of rotatable bonds is 2. The maximum absolute atomic E-state index is 11.5. The van der Waals surface area contributed by atoms with Crippen LogP contribution < -0.4 is 4.90 Å². The fraction of sp³-hybridized carbons (Fsp3) is 0.227. The van der Waals surface area contributed by atoms with Gasteiger partial charge in [0.1, 0.15) is 5.82 Å². The highest BCUT2D eigenvalue weighted by atomic mass is 16.2. The zero-order chi connectivity index (χ0) is 18.8. The molecule has 1 aliphatic heterocycles. The molecule has 0 spiro atoms. The molecule has 0 atom stereocenters. The first kappa shape index (κ1) is 17.0. The smallest absolute Gasteiger partial charge is 0.219 e. The van der Waals surface area contributed by atoms with E-state index in [-0.39, 0.29) is 5.91 Å². The summed E-state index contributed by atoms with van der Waals surface area (Å²) in [5, 5.41) is 10.3. The Kier molecular flexibility index (Phi) is 4.47. The number of hydrogen-bond donors (Lipinski definition) is 0. The average Bonchev–Trinajstić information content (AvgIpc) is 2.73. The summed E-state index contributed by atoms with van der Waals surface area (Å²) in [5.41, 5.74) is 3.58. The number of hydrogen-bond acceptors (Lipinski definition) is 4. The lowest BCUT2D eigenvalue weighted by Crippen LogP contribution is -2.48. The zero-order valence-corrected chi connectivity index (χ0v) is 15.2. The van der Waals surface area contributed by atoms with Gasteiger partial charge in [0.15, 0.2) is 0 Å². The van der Waals surface area contributed by atoms with Crippen LogP contribution in [-0.4, -0.2) is 42.0 Å². The number of fused-ring (bicyclic) bond motifs is 1. The molecule has 27 heavy (non-hydrogen) atoms. The molecule has 0 aliphatic carbocycles. The van der Waals surface area contributed by atoms with Crippen LogP contribution in [-0.2, 0) is 4.79 Å². The van der Waals surface area contributed by atoms with Gasteiger partial charge in [0, 0.05) is 44.1 Å². The molecule has 2 heterocycles. The molecule has 1 aliphatic rings. The van der Waals surface area contributed by atoms with Crippen molar-refractivity contribution < 1.29 is 4.79 Å². The van der Waals surface area contributed by atoms with E-state index < -0.39 is 0 Å². The number of amides is 1. The summed E-state index contributed by atoms with van der Waals surface area (Å²) in [7, 11) is 0. The third-order valence-electron chi connectivity index (χ3n) is 5.06. The molecule has 1 saturated heterocycles. The van der Waals surface area contributed by atoms with Gasteiger partial charge in [0.25, 0.3) is 0 Å². The van der Waals surface area contributed by atoms with Crippen LogP contribution in [0.25, 0.3) is 22.0 Å². The van der Waals surface area contributed by atoms with E-state index in [0.29, 0.717) is 5.56 Å². The minimum Gasteiger partial charge on any atom is -0.353 e. The molecule has 0 unspecified atom stereocenters. The van der Waals surface area contributed by atoms with Gasteiger partial charge in [-0.05, 0) is 29.8 Å². The molecule has 0 radical (unpaired) electrons. The highest BCUT2D eigenvalue weighted by Gasteiger charge is 2.20. The number of nitrogens with zero attached hydrogens (tertiary/aromatic N) is 4. The van der Waals surface area contributed by atoms with E-state index >= 15 is 0 Å². The Morgan fingerprint density at radius 2 is 1.81 bits per heavy atom. The molecule has 1 amide bonds. The van der Waals surface area contributed by atoms with Crippen LogP contribution in [0.15, 0.2) is 54.6 Å². The summed E-state index contributed by atoms with van der Waals surface area (Å²) in [5.74, 6) is 1.05. The number of pyridine rings is 1. The van der Waals surface area contributed by atoms with Gasteiger partial charge in [-0.25, -0.2) is 4.98 Å². The topological polar surface area (TPSA) is 60.2 Å². The largest absolute Gasteiger partial charge is 0.353 e. The summed E-state index contributed by atoms with van der Waals surface area (Å²) in [4.78, 5) is 20.6. The number of nitriles is 1. The maximum atomic E-state index is 11.5. The van der Waals surface area contributed by atoms with E-state index in [4.69, 9.17) is 4.98 Å². The van der Waals surface area contributed by atoms with Crippen molar-refractivity contribution in [3.63, 3.8) is 0 Å². The van der Waals surface area contributed by atoms with Crippen molar-refractivity contribution in [1.82, 2.24) is 9.88 Å². The molecule has 1 aromatic heterocycles. The number of carbonyl (C=O) groups is 1. The van der Waals surface area contributed by atoms with Gasteiger partial charge in [0.05, 0.1) is 17.1 Å². The van der Waals surface area contributed by atoms with Gasteiger partial charge in [-0.3, -0.25) is 4.79 Å². The second-order valence-electron chi connectivity index (χ2n) is 6.73. The number of carbonyl (C=O) groups excluding carboxylic acids is 1. The molecule has 4 rings (SSSR count). The second kappa shape index (κ2) is 7.08. The van der Waals surface area contributed by atoms with Crippen LogP contribution in [0.4, 0.5) is 5.82 Å². The molecule has 134 valence electrons. The quantitative estimate of drug-likeness (QED) is 0.706. The number of benzene rings is 2. The first-order valence-electron chi connectivity index (χ1n) is 9.06. The lowest BCUT2D eigenvalue weighted by molar-refractivity contribution is -0.129. The van der Waals surface area contributed by atoms with E-state index in [1.807, 2.05) is 47.4 Å². The Morgan fingerprint density at radius 1 is 1.04 bits per heavy atom. The van der Waals surface area contributed by atoms with Gasteiger partial charge in [-0.1, -0.05) is 30.3 Å². The van der Waals surface area contributed by atoms with Crippen LogP contribution in [0, 0.1) is 11.3 Å². The average molecular weight is 356 g/mol. The van der Waals surface area contributed by atoms with Crippen molar-refractivity contribution in [3.8, 4) is 17.2 Å². The highest BCUT2D eigenvalue weighted by molar-refractivity contribution is 5.94. The predicted molar refractivity (Wildman–Crippen MR) is 106 cm³/mol. The fourth-order valence-corrected chi connectivity index (χ4v) is 3.55. The Labute approximate surface area is 158 Å². The van der Waals surface area contributed by atoms with Gasteiger partial charge >= 0.3 is 0 Å². The standard InChI is InChI=1S/C22H20N4O/c1-16(27)25-10-12-26(13-11-25)21-9-8-18-5-3-7-20(22(18)24-21)19-6-2-4-17(14-19)15-23/h2-9,14H,10-13H2,1H3. The third kappa shape index (κ3) is 3.34. The van der Waals surface area contributed by atoms with Crippen LogP contribution in [0.5, 0.6) is 0 Å². The van der Waals surface area contributed by atoms with Gasteiger partial charge in [-0.15, -0.1) is 0 Å². The van der Waals surface area contributed by atoms with Crippen LogP contribution in [0.1, 0.15) is 12.5 Å². The Bertz CT molecular complexity index is 1050. The number of anilines is 1. The Hall–Kier alpha value is -3.39. The summed E-state index contributed by atoms with van der Waals surface area (Å²) < 4.78 is 0. The first-order chi connectivity index (χ1) is 13.2. The van der Waals surface area contributed by atoms with Crippen molar-refractivity contribution in [1.29, 1.82) is 5.26 Å². The lowest BCUT2D eigenvalue weighted by Gasteiger charge is -2.35. The van der Waals surface area contributed by atoms with Crippen molar-refractivity contribution in [2.24, 2.45) is 0 Å². The summed E-state index contributed by atoms with van der Waals surface area (Å²) in [6.45, 7) is 4.63. The maximum Gasteiger partial charge on any atom is 0.219 e. The summed E-state index contributed by atoms with van der Waals surface area (Å²) >= 11 is 0. The van der Waals surface area contributed by atoms with Crippen molar-refractivity contribution in [3.05, 3.63) is 60.2 Å². The molecule has 5 nitrogen and oxygen atoms in total. The molecular formula is C22H20N4O. The fourth-order valence-electron chi connectivity index (χ4n) is 3.55. The van der Waals surface area contributed by atoms with E-state index in [1.54, 1.807) is 6.92 Å². The van der Waals surface area contributed by atoms with E-state index in [0.717, 1.165) is 54.0 Å². The number of para-hydroxylation sites is 1.